The molecule has 0 saturated heterocycles. The van der Waals surface area contributed by atoms with Crippen molar-refractivity contribution in [2.45, 2.75) is 6.54 Å². The summed E-state index contributed by atoms with van der Waals surface area (Å²) < 4.78 is 1.09. The summed E-state index contributed by atoms with van der Waals surface area (Å²) in [6.45, 7) is 0.615. The maximum absolute atomic E-state index is 12.7. The lowest BCUT2D eigenvalue weighted by Crippen LogP contribution is -2.26. The number of fused-ring (bicyclic) bond motifs is 1. The molecule has 3 aromatic rings. The summed E-state index contributed by atoms with van der Waals surface area (Å²) in [5, 5.41) is 4.16. The van der Waals surface area contributed by atoms with Crippen molar-refractivity contribution in [2.75, 3.05) is 7.05 Å². The number of thiophene rings is 1. The number of halogens is 1. The van der Waals surface area contributed by atoms with Gasteiger partial charge in [0.25, 0.3) is 5.91 Å². The standard InChI is InChI=1S/C17H14BrNOS/c1-19(10-12-9-16(18)21-11-12)17(20)15-8-4-6-13-5-2-3-7-14(13)15/h2-9,11H,10H2,1H3. The van der Waals surface area contributed by atoms with Crippen LogP contribution in [0.3, 0.4) is 0 Å². The van der Waals surface area contributed by atoms with E-state index < -0.39 is 0 Å². The van der Waals surface area contributed by atoms with Crippen LogP contribution in [0.5, 0.6) is 0 Å². The number of hydrogen-bond donors (Lipinski definition) is 0. The van der Waals surface area contributed by atoms with Crippen LogP contribution in [-0.2, 0) is 6.54 Å². The highest BCUT2D eigenvalue weighted by atomic mass is 79.9. The van der Waals surface area contributed by atoms with Gasteiger partial charge in [0, 0.05) is 19.2 Å². The van der Waals surface area contributed by atoms with E-state index in [1.54, 1.807) is 16.2 Å². The molecule has 0 aliphatic heterocycles. The zero-order valence-electron chi connectivity index (χ0n) is 11.5. The summed E-state index contributed by atoms with van der Waals surface area (Å²) in [4.78, 5) is 14.4. The van der Waals surface area contributed by atoms with Crippen LogP contribution in [0.15, 0.2) is 57.7 Å². The van der Waals surface area contributed by atoms with Gasteiger partial charge in [0.2, 0.25) is 0 Å². The molecule has 21 heavy (non-hydrogen) atoms. The highest BCUT2D eigenvalue weighted by molar-refractivity contribution is 9.11. The van der Waals surface area contributed by atoms with Gasteiger partial charge in [0.1, 0.15) is 0 Å². The van der Waals surface area contributed by atoms with Crippen LogP contribution < -0.4 is 0 Å². The van der Waals surface area contributed by atoms with E-state index in [0.717, 1.165) is 25.7 Å². The minimum absolute atomic E-state index is 0.0501. The van der Waals surface area contributed by atoms with Crippen molar-refractivity contribution in [3.05, 3.63) is 68.8 Å². The average Bonchev–Trinajstić information content (AvgIpc) is 2.91. The van der Waals surface area contributed by atoms with Crippen LogP contribution >= 0.6 is 27.3 Å². The number of amides is 1. The van der Waals surface area contributed by atoms with Crippen LogP contribution in [-0.4, -0.2) is 17.9 Å². The van der Waals surface area contributed by atoms with Gasteiger partial charge in [-0.2, -0.15) is 0 Å². The van der Waals surface area contributed by atoms with Gasteiger partial charge in [-0.15, -0.1) is 11.3 Å². The first-order valence-corrected chi connectivity index (χ1v) is 8.28. The Hall–Kier alpha value is -1.65. The molecule has 0 radical (unpaired) electrons. The van der Waals surface area contributed by atoms with Gasteiger partial charge in [-0.1, -0.05) is 36.4 Å². The summed E-state index contributed by atoms with van der Waals surface area (Å²) in [6, 6.07) is 15.9. The van der Waals surface area contributed by atoms with Crippen molar-refractivity contribution in [2.24, 2.45) is 0 Å². The third-order valence-electron chi connectivity index (χ3n) is 3.41. The molecule has 0 N–H and O–H groups in total. The molecule has 1 amide bonds. The Labute approximate surface area is 136 Å². The second kappa shape index (κ2) is 6.00. The second-order valence-corrected chi connectivity index (χ2v) is 7.24. The maximum atomic E-state index is 12.7. The first kappa shape index (κ1) is 14.3. The minimum atomic E-state index is 0.0501. The van der Waals surface area contributed by atoms with Crippen LogP contribution in [0.2, 0.25) is 0 Å². The molecule has 2 aromatic carbocycles. The lowest BCUT2D eigenvalue weighted by atomic mass is 10.0. The Morgan fingerprint density at radius 1 is 1.19 bits per heavy atom. The number of carbonyl (C=O) groups is 1. The van der Waals surface area contributed by atoms with E-state index in [2.05, 4.69) is 27.4 Å². The maximum Gasteiger partial charge on any atom is 0.254 e. The van der Waals surface area contributed by atoms with Gasteiger partial charge >= 0.3 is 0 Å². The minimum Gasteiger partial charge on any atom is -0.337 e. The molecule has 4 heteroatoms. The molecule has 0 fully saturated rings. The van der Waals surface area contributed by atoms with Crippen molar-refractivity contribution < 1.29 is 4.79 Å². The fourth-order valence-corrected chi connectivity index (χ4v) is 3.59. The largest absolute Gasteiger partial charge is 0.337 e. The fraction of sp³-hybridized carbons (Fsp3) is 0.118. The number of benzene rings is 2. The monoisotopic (exact) mass is 359 g/mol. The van der Waals surface area contributed by atoms with Crippen molar-refractivity contribution >= 4 is 43.9 Å². The highest BCUT2D eigenvalue weighted by Gasteiger charge is 2.15. The summed E-state index contributed by atoms with van der Waals surface area (Å²) in [6.07, 6.45) is 0. The first-order chi connectivity index (χ1) is 10.1. The number of carbonyl (C=O) groups excluding carboxylic acids is 1. The smallest absolute Gasteiger partial charge is 0.254 e. The van der Waals surface area contributed by atoms with Gasteiger partial charge in [0.15, 0.2) is 0 Å². The molecule has 0 spiro atoms. The number of hydrogen-bond acceptors (Lipinski definition) is 2. The third kappa shape index (κ3) is 3.01. The Bertz CT molecular complexity index is 791. The lowest BCUT2D eigenvalue weighted by Gasteiger charge is -2.17. The van der Waals surface area contributed by atoms with Crippen molar-refractivity contribution in [3.8, 4) is 0 Å². The average molecular weight is 360 g/mol. The molecule has 0 aliphatic carbocycles. The normalized spacial score (nSPS) is 10.8. The summed E-state index contributed by atoms with van der Waals surface area (Å²) in [7, 11) is 1.84. The van der Waals surface area contributed by atoms with Crippen molar-refractivity contribution in [1.29, 1.82) is 0 Å². The van der Waals surface area contributed by atoms with Gasteiger partial charge in [-0.05, 0) is 49.8 Å². The zero-order valence-corrected chi connectivity index (χ0v) is 13.9. The molecule has 0 bridgehead atoms. The molecule has 1 aromatic heterocycles. The highest BCUT2D eigenvalue weighted by Crippen LogP contribution is 2.23. The molecule has 0 saturated carbocycles. The molecule has 0 atom stereocenters. The second-order valence-electron chi connectivity index (χ2n) is 4.95. The van der Waals surface area contributed by atoms with E-state index in [1.807, 2.05) is 49.5 Å². The predicted octanol–water partition coefficient (Wildman–Crippen LogP) is 4.94. The molecule has 3 rings (SSSR count). The molecule has 1 heterocycles. The molecular formula is C17H14BrNOS. The van der Waals surface area contributed by atoms with Gasteiger partial charge in [0.05, 0.1) is 3.79 Å². The van der Waals surface area contributed by atoms with Crippen molar-refractivity contribution in [1.82, 2.24) is 4.90 Å². The van der Waals surface area contributed by atoms with E-state index >= 15 is 0 Å². The molecule has 2 nitrogen and oxygen atoms in total. The predicted molar refractivity (Wildman–Crippen MR) is 91.8 cm³/mol. The van der Waals surface area contributed by atoms with Gasteiger partial charge in [-0.3, -0.25) is 4.79 Å². The van der Waals surface area contributed by atoms with E-state index in [-0.39, 0.29) is 5.91 Å². The topological polar surface area (TPSA) is 20.3 Å². The van der Waals surface area contributed by atoms with Crippen molar-refractivity contribution in [3.63, 3.8) is 0 Å². The van der Waals surface area contributed by atoms with E-state index in [1.165, 1.54) is 0 Å². The van der Waals surface area contributed by atoms with E-state index in [4.69, 9.17) is 0 Å². The van der Waals surface area contributed by atoms with Gasteiger partial charge < -0.3 is 4.90 Å². The summed E-state index contributed by atoms with van der Waals surface area (Å²) in [5.41, 5.74) is 1.90. The number of rotatable bonds is 3. The molecule has 106 valence electrons. The molecule has 0 unspecified atom stereocenters. The lowest BCUT2D eigenvalue weighted by molar-refractivity contribution is 0.0787. The van der Waals surface area contributed by atoms with E-state index in [0.29, 0.717) is 6.54 Å². The van der Waals surface area contributed by atoms with Gasteiger partial charge in [-0.25, -0.2) is 0 Å². The Morgan fingerprint density at radius 3 is 2.71 bits per heavy atom. The van der Waals surface area contributed by atoms with Crippen LogP contribution in [0.1, 0.15) is 15.9 Å². The Kier molecular flexibility index (Phi) is 4.08. The van der Waals surface area contributed by atoms with Crippen LogP contribution in [0, 0.1) is 0 Å². The van der Waals surface area contributed by atoms with Crippen LogP contribution in [0.4, 0.5) is 0 Å². The summed E-state index contributed by atoms with van der Waals surface area (Å²) in [5.74, 6) is 0.0501. The molecule has 0 aliphatic rings. The Balaban J connectivity index is 1.89. The SMILES string of the molecule is CN(Cc1csc(Br)c1)C(=O)c1cccc2ccccc12. The van der Waals surface area contributed by atoms with E-state index in [9.17, 15) is 4.79 Å². The number of nitrogens with zero attached hydrogens (tertiary/aromatic N) is 1. The molecular weight excluding hydrogens is 346 g/mol. The first-order valence-electron chi connectivity index (χ1n) is 6.61. The van der Waals surface area contributed by atoms with Crippen LogP contribution in [0.25, 0.3) is 10.8 Å². The third-order valence-corrected chi connectivity index (χ3v) is 4.96. The fourth-order valence-electron chi connectivity index (χ4n) is 2.39. The zero-order chi connectivity index (χ0) is 14.8. The summed E-state index contributed by atoms with van der Waals surface area (Å²) >= 11 is 5.09. The quantitative estimate of drug-likeness (QED) is 0.648. The Morgan fingerprint density at radius 2 is 1.95 bits per heavy atom.